The van der Waals surface area contributed by atoms with Crippen molar-refractivity contribution < 1.29 is 4.42 Å². The van der Waals surface area contributed by atoms with Crippen LogP contribution >= 0.6 is 0 Å². The Morgan fingerprint density at radius 2 is 0.845 bits per heavy atom. The minimum absolute atomic E-state index is 0.890. The van der Waals surface area contributed by atoms with Gasteiger partial charge in [0.2, 0.25) is 0 Å². The Morgan fingerprint density at radius 3 is 1.62 bits per heavy atom. The Hall–Kier alpha value is -7.68. The van der Waals surface area contributed by atoms with Crippen LogP contribution < -0.4 is 4.90 Å². The van der Waals surface area contributed by atoms with E-state index in [2.05, 4.69) is 223 Å². The summed E-state index contributed by atoms with van der Waals surface area (Å²) in [5.41, 5.74) is 14.3. The molecule has 58 heavy (non-hydrogen) atoms. The highest BCUT2D eigenvalue weighted by Gasteiger charge is 2.22. The molecule has 0 bridgehead atoms. The van der Waals surface area contributed by atoms with E-state index in [4.69, 9.17) is 4.42 Å². The molecule has 0 unspecified atom stereocenters. The summed E-state index contributed by atoms with van der Waals surface area (Å²) < 4.78 is 6.77. The van der Waals surface area contributed by atoms with Crippen LogP contribution in [0.2, 0.25) is 0 Å². The van der Waals surface area contributed by atoms with Gasteiger partial charge in [0.1, 0.15) is 11.2 Å². The van der Waals surface area contributed by atoms with Crippen molar-refractivity contribution >= 4 is 60.5 Å². The van der Waals surface area contributed by atoms with Crippen molar-refractivity contribution in [1.29, 1.82) is 0 Å². The molecule has 2 nitrogen and oxygen atoms in total. The van der Waals surface area contributed by atoms with Crippen molar-refractivity contribution in [2.24, 2.45) is 0 Å². The van der Waals surface area contributed by atoms with E-state index >= 15 is 0 Å². The second-order valence-electron chi connectivity index (χ2n) is 14.9. The van der Waals surface area contributed by atoms with Crippen LogP contribution in [-0.4, -0.2) is 0 Å². The van der Waals surface area contributed by atoms with Gasteiger partial charge in [-0.15, -0.1) is 0 Å². The molecule has 0 saturated carbocycles. The zero-order chi connectivity index (χ0) is 38.4. The maximum atomic E-state index is 6.77. The lowest BCUT2D eigenvalue weighted by Crippen LogP contribution is -2.11. The minimum Gasteiger partial charge on any atom is -0.455 e. The Balaban J connectivity index is 1.05. The number of benzene rings is 10. The number of para-hydroxylation sites is 2. The largest absolute Gasteiger partial charge is 0.455 e. The molecule has 10 aromatic carbocycles. The van der Waals surface area contributed by atoms with Gasteiger partial charge in [0.25, 0.3) is 0 Å². The second kappa shape index (κ2) is 14.1. The normalized spacial score (nSPS) is 11.4. The van der Waals surface area contributed by atoms with Crippen molar-refractivity contribution in [2.45, 2.75) is 0 Å². The van der Waals surface area contributed by atoms with Gasteiger partial charge in [-0.3, -0.25) is 0 Å². The van der Waals surface area contributed by atoms with Crippen molar-refractivity contribution in [3.8, 4) is 44.5 Å². The Labute approximate surface area is 337 Å². The van der Waals surface area contributed by atoms with Crippen LogP contribution in [0.1, 0.15) is 0 Å². The van der Waals surface area contributed by atoms with Crippen LogP contribution in [0.3, 0.4) is 0 Å². The number of nitrogens with zero attached hydrogens (tertiary/aromatic N) is 1. The molecule has 1 heterocycles. The molecule has 0 N–H and O–H groups in total. The Morgan fingerprint density at radius 1 is 0.310 bits per heavy atom. The fraction of sp³-hybridized carbons (Fsp3) is 0. The fourth-order valence-electron chi connectivity index (χ4n) is 8.58. The highest BCUT2D eigenvalue weighted by Crippen LogP contribution is 2.47. The number of anilines is 3. The predicted molar refractivity (Wildman–Crippen MR) is 245 cm³/mol. The summed E-state index contributed by atoms with van der Waals surface area (Å²) in [4.78, 5) is 2.38. The molecule has 0 atom stereocenters. The molecule has 0 spiro atoms. The van der Waals surface area contributed by atoms with E-state index in [0.29, 0.717) is 0 Å². The minimum atomic E-state index is 0.890. The van der Waals surface area contributed by atoms with E-state index in [-0.39, 0.29) is 0 Å². The van der Waals surface area contributed by atoms with Crippen LogP contribution in [-0.2, 0) is 0 Å². The summed E-state index contributed by atoms with van der Waals surface area (Å²) >= 11 is 0. The van der Waals surface area contributed by atoms with Gasteiger partial charge in [-0.25, -0.2) is 0 Å². The smallest absolute Gasteiger partial charge is 0.143 e. The zero-order valence-electron chi connectivity index (χ0n) is 31.7. The van der Waals surface area contributed by atoms with Crippen molar-refractivity contribution in [2.75, 3.05) is 4.90 Å². The van der Waals surface area contributed by atoms with Gasteiger partial charge in [-0.1, -0.05) is 170 Å². The van der Waals surface area contributed by atoms with E-state index in [1.807, 2.05) is 6.07 Å². The van der Waals surface area contributed by atoms with E-state index < -0.39 is 0 Å². The monoisotopic (exact) mass is 739 g/mol. The highest BCUT2D eigenvalue weighted by molar-refractivity contribution is 6.23. The summed E-state index contributed by atoms with van der Waals surface area (Å²) in [5, 5.41) is 7.14. The van der Waals surface area contributed by atoms with E-state index in [9.17, 15) is 0 Å². The Bertz CT molecular complexity index is 3270. The lowest BCUT2D eigenvalue weighted by Gasteiger charge is -2.28. The lowest BCUT2D eigenvalue weighted by atomic mass is 9.94. The molecule has 0 radical (unpaired) electrons. The molecule has 11 aromatic rings. The number of hydrogen-bond donors (Lipinski definition) is 0. The average Bonchev–Trinajstić information content (AvgIpc) is 3.70. The fourth-order valence-corrected chi connectivity index (χ4v) is 8.58. The number of rotatable bonds is 7. The SMILES string of the molecule is c1ccc(-c2ccc(N(c3ccc(-c4cccc(-c5ccc6ccccc6c5)c4)cc3)c3ccccc3-c3cc4ccccc4c4c3oc3ccccc34)cc2)cc1. The van der Waals surface area contributed by atoms with Crippen LogP contribution in [0.5, 0.6) is 0 Å². The summed E-state index contributed by atoms with van der Waals surface area (Å²) in [6.45, 7) is 0. The van der Waals surface area contributed by atoms with E-state index in [1.165, 1.54) is 49.4 Å². The zero-order valence-corrected chi connectivity index (χ0v) is 31.7. The molecular weight excluding hydrogens is 703 g/mol. The van der Waals surface area contributed by atoms with Gasteiger partial charge in [-0.05, 0) is 110 Å². The molecule has 1 aromatic heterocycles. The van der Waals surface area contributed by atoms with Gasteiger partial charge < -0.3 is 9.32 Å². The summed E-state index contributed by atoms with van der Waals surface area (Å²) in [6.07, 6.45) is 0. The van der Waals surface area contributed by atoms with Crippen molar-refractivity contribution in [3.05, 3.63) is 224 Å². The molecule has 2 heteroatoms. The average molecular weight is 740 g/mol. The first-order chi connectivity index (χ1) is 28.7. The van der Waals surface area contributed by atoms with Crippen LogP contribution in [0, 0.1) is 0 Å². The van der Waals surface area contributed by atoms with Crippen LogP contribution in [0.4, 0.5) is 17.1 Å². The van der Waals surface area contributed by atoms with E-state index in [0.717, 1.165) is 55.7 Å². The van der Waals surface area contributed by atoms with Crippen molar-refractivity contribution in [3.63, 3.8) is 0 Å². The van der Waals surface area contributed by atoms with Crippen LogP contribution in [0.15, 0.2) is 229 Å². The van der Waals surface area contributed by atoms with Crippen LogP contribution in [0.25, 0.3) is 88.0 Å². The summed E-state index contributed by atoms with van der Waals surface area (Å²) in [5.74, 6) is 0. The molecular formula is C56H37NO. The molecule has 0 aliphatic carbocycles. The number of furan rings is 1. The number of fused-ring (bicyclic) bond motifs is 6. The van der Waals surface area contributed by atoms with Gasteiger partial charge in [0.05, 0.1) is 5.69 Å². The maximum absolute atomic E-state index is 6.77. The third-order valence-electron chi connectivity index (χ3n) is 11.4. The third-order valence-corrected chi connectivity index (χ3v) is 11.4. The first kappa shape index (κ1) is 33.6. The standard InChI is InChI=1S/C56H37NO/c1-2-13-38(14-3-1)40-27-31-47(32-28-40)57(48-33-29-41(30-34-48)43-18-12-19-44(35-43)45-26-25-39-15-4-5-16-42(39)36-45)53-23-10-8-21-50(53)52-37-46-17-6-7-20-49(46)55-51-22-9-11-24-54(51)58-56(52)55/h1-37H. The molecule has 0 aliphatic heterocycles. The quantitative estimate of drug-likeness (QED) is 0.162. The van der Waals surface area contributed by atoms with Crippen molar-refractivity contribution in [1.82, 2.24) is 0 Å². The molecule has 272 valence electrons. The molecule has 0 fully saturated rings. The van der Waals surface area contributed by atoms with Gasteiger partial charge in [0.15, 0.2) is 0 Å². The van der Waals surface area contributed by atoms with Gasteiger partial charge in [0, 0.05) is 33.3 Å². The van der Waals surface area contributed by atoms with Gasteiger partial charge >= 0.3 is 0 Å². The third kappa shape index (κ3) is 5.91. The predicted octanol–water partition coefficient (Wildman–Crippen LogP) is 16.0. The molecule has 0 aliphatic rings. The molecule has 0 saturated heterocycles. The highest BCUT2D eigenvalue weighted by atomic mass is 16.3. The molecule has 11 rings (SSSR count). The summed E-state index contributed by atoms with van der Waals surface area (Å²) in [7, 11) is 0. The topological polar surface area (TPSA) is 16.4 Å². The first-order valence-corrected chi connectivity index (χ1v) is 19.8. The summed E-state index contributed by atoms with van der Waals surface area (Å²) in [6, 6.07) is 80.6. The Kier molecular flexibility index (Phi) is 8.19. The van der Waals surface area contributed by atoms with E-state index in [1.54, 1.807) is 0 Å². The number of hydrogen-bond acceptors (Lipinski definition) is 2. The van der Waals surface area contributed by atoms with Gasteiger partial charge in [-0.2, -0.15) is 0 Å². The lowest BCUT2D eigenvalue weighted by molar-refractivity contribution is 0.670. The first-order valence-electron chi connectivity index (χ1n) is 19.8. The maximum Gasteiger partial charge on any atom is 0.143 e. The molecule has 0 amide bonds. The second-order valence-corrected chi connectivity index (χ2v) is 14.9.